The second-order valence-electron chi connectivity index (χ2n) is 7.12. The van der Waals surface area contributed by atoms with Gasteiger partial charge in [-0.1, -0.05) is 18.2 Å². The summed E-state index contributed by atoms with van der Waals surface area (Å²) in [4.78, 5) is 36.4. The second kappa shape index (κ2) is 8.94. The third-order valence-electron chi connectivity index (χ3n) is 5.00. The highest BCUT2D eigenvalue weighted by molar-refractivity contribution is 6.06. The lowest BCUT2D eigenvalue weighted by atomic mass is 9.99. The van der Waals surface area contributed by atoms with Crippen molar-refractivity contribution in [1.82, 2.24) is 19.5 Å². The number of fused-ring (bicyclic) bond motifs is 1. The lowest BCUT2D eigenvalue weighted by Crippen LogP contribution is -2.56. The van der Waals surface area contributed by atoms with Gasteiger partial charge in [0.25, 0.3) is 5.91 Å². The van der Waals surface area contributed by atoms with E-state index in [1.807, 2.05) is 0 Å². The number of amides is 1. The van der Waals surface area contributed by atoms with Crippen LogP contribution in [-0.4, -0.2) is 72.7 Å². The number of halogens is 1. The fourth-order valence-electron chi connectivity index (χ4n) is 3.48. The predicted molar refractivity (Wildman–Crippen MR) is 107 cm³/mol. The first-order valence-electron chi connectivity index (χ1n) is 9.70. The average molecular weight is 445 g/mol. The number of rotatable bonds is 5. The zero-order valence-electron chi connectivity index (χ0n) is 16.8. The highest BCUT2D eigenvalue weighted by atomic mass is 19.1. The third-order valence-corrected chi connectivity index (χ3v) is 5.00. The summed E-state index contributed by atoms with van der Waals surface area (Å²) >= 11 is 0. The van der Waals surface area contributed by atoms with Gasteiger partial charge < -0.3 is 25.0 Å². The number of ether oxygens (including phenoxy) is 2. The molecule has 3 heterocycles. The Balaban J connectivity index is 1.70. The Hall–Kier alpha value is -3.48. The Morgan fingerprint density at radius 2 is 2.00 bits per heavy atom. The molecule has 0 aliphatic carbocycles. The highest BCUT2D eigenvalue weighted by Gasteiger charge is 2.48. The molecule has 12 heteroatoms. The molecule has 168 valence electrons. The number of hydrogen-bond acceptors (Lipinski definition) is 9. The zero-order chi connectivity index (χ0) is 22.8. The molecule has 0 spiro atoms. The number of esters is 1. The van der Waals surface area contributed by atoms with Crippen LogP contribution in [0.3, 0.4) is 0 Å². The number of carbonyl (C=O) groups is 2. The Morgan fingerprint density at radius 3 is 2.69 bits per heavy atom. The number of hydrogen-bond donors (Lipinski definition) is 3. The molecule has 32 heavy (non-hydrogen) atoms. The maximum atomic E-state index is 14.9. The van der Waals surface area contributed by atoms with E-state index in [-0.39, 0.29) is 17.0 Å². The SMILES string of the molecule is CC(=O)O[C@@H]1[C@@H](F)[C@H](O)[C@@H](CO)O[C@H]1n1cnc2c(NC(=O)c3ccccc3)ncnc21. The summed E-state index contributed by atoms with van der Waals surface area (Å²) in [6.45, 7) is 0.435. The topological polar surface area (TPSA) is 149 Å². The van der Waals surface area contributed by atoms with Gasteiger partial charge in [-0.25, -0.2) is 19.3 Å². The summed E-state index contributed by atoms with van der Waals surface area (Å²) in [5.41, 5.74) is 0.749. The molecule has 1 aliphatic heterocycles. The zero-order valence-corrected chi connectivity index (χ0v) is 16.8. The number of aliphatic hydroxyl groups excluding tert-OH is 2. The summed E-state index contributed by atoms with van der Waals surface area (Å²) in [6.07, 6.45) is -5.38. The molecule has 1 aliphatic rings. The summed E-state index contributed by atoms with van der Waals surface area (Å²) in [5.74, 6) is -1.09. The van der Waals surface area contributed by atoms with Gasteiger partial charge in [0.2, 0.25) is 0 Å². The number of nitrogens with one attached hydrogen (secondary N) is 1. The molecule has 0 saturated carbocycles. The van der Waals surface area contributed by atoms with Gasteiger partial charge in [0.05, 0.1) is 12.9 Å². The van der Waals surface area contributed by atoms with Gasteiger partial charge in [0.1, 0.15) is 18.5 Å². The van der Waals surface area contributed by atoms with Gasteiger partial charge in [-0.2, -0.15) is 0 Å². The van der Waals surface area contributed by atoms with E-state index in [9.17, 15) is 24.2 Å². The van der Waals surface area contributed by atoms with Crippen molar-refractivity contribution in [3.63, 3.8) is 0 Å². The molecule has 3 aromatic rings. The molecule has 5 atom stereocenters. The maximum Gasteiger partial charge on any atom is 0.303 e. The minimum absolute atomic E-state index is 0.109. The maximum absolute atomic E-state index is 14.9. The van der Waals surface area contributed by atoms with Crippen molar-refractivity contribution in [3.8, 4) is 0 Å². The lowest BCUT2D eigenvalue weighted by Gasteiger charge is -2.40. The van der Waals surface area contributed by atoms with Gasteiger partial charge in [-0.05, 0) is 12.1 Å². The fourth-order valence-corrected chi connectivity index (χ4v) is 3.48. The van der Waals surface area contributed by atoms with Gasteiger partial charge in [-0.15, -0.1) is 0 Å². The first kappa shape index (κ1) is 21.7. The van der Waals surface area contributed by atoms with Gasteiger partial charge in [-0.3, -0.25) is 14.2 Å². The van der Waals surface area contributed by atoms with E-state index in [1.165, 1.54) is 17.2 Å². The molecule has 11 nitrogen and oxygen atoms in total. The first-order chi connectivity index (χ1) is 15.4. The van der Waals surface area contributed by atoms with Crippen LogP contribution in [0.1, 0.15) is 23.5 Å². The van der Waals surface area contributed by atoms with E-state index in [2.05, 4.69) is 20.3 Å². The minimum atomic E-state index is -2.04. The molecule has 1 fully saturated rings. The smallest absolute Gasteiger partial charge is 0.303 e. The van der Waals surface area contributed by atoms with Crippen molar-refractivity contribution in [3.05, 3.63) is 48.5 Å². The van der Waals surface area contributed by atoms with Gasteiger partial charge in [0, 0.05) is 12.5 Å². The highest BCUT2D eigenvalue weighted by Crippen LogP contribution is 2.34. The normalized spacial score (nSPS) is 25.4. The van der Waals surface area contributed by atoms with E-state index in [1.54, 1.807) is 30.3 Å². The number of alkyl halides is 1. The largest absolute Gasteiger partial charge is 0.454 e. The number of anilines is 1. The van der Waals surface area contributed by atoms with E-state index in [0.29, 0.717) is 5.56 Å². The van der Waals surface area contributed by atoms with Crippen molar-refractivity contribution >= 4 is 28.9 Å². The molecule has 1 amide bonds. The molecule has 0 unspecified atom stereocenters. The van der Waals surface area contributed by atoms with Crippen LogP contribution in [0.2, 0.25) is 0 Å². The van der Waals surface area contributed by atoms with Crippen LogP contribution < -0.4 is 5.32 Å². The first-order valence-corrected chi connectivity index (χ1v) is 9.70. The average Bonchev–Trinajstić information content (AvgIpc) is 3.22. The van der Waals surface area contributed by atoms with Crippen molar-refractivity contribution in [1.29, 1.82) is 0 Å². The number of aromatic nitrogens is 4. The monoisotopic (exact) mass is 445 g/mol. The van der Waals surface area contributed by atoms with Gasteiger partial charge in [0.15, 0.2) is 35.5 Å². The quantitative estimate of drug-likeness (QED) is 0.480. The summed E-state index contributed by atoms with van der Waals surface area (Å²) < 4.78 is 26.9. The van der Waals surface area contributed by atoms with Crippen molar-refractivity contribution in [2.24, 2.45) is 0 Å². The Labute approximate surface area is 180 Å². The summed E-state index contributed by atoms with van der Waals surface area (Å²) in [6, 6.07) is 8.48. The molecule has 4 rings (SSSR count). The van der Waals surface area contributed by atoms with Gasteiger partial charge >= 0.3 is 5.97 Å². The molecule has 1 saturated heterocycles. The third kappa shape index (κ3) is 4.02. The van der Waals surface area contributed by atoms with Crippen LogP contribution in [0.25, 0.3) is 11.2 Å². The van der Waals surface area contributed by atoms with Crippen molar-refractivity contribution in [2.45, 2.75) is 37.6 Å². The van der Waals surface area contributed by atoms with E-state index in [4.69, 9.17) is 9.47 Å². The molecule has 0 radical (unpaired) electrons. The van der Waals surface area contributed by atoms with Crippen LogP contribution in [0.4, 0.5) is 10.2 Å². The predicted octanol–water partition coefficient (Wildman–Crippen LogP) is 0.599. The standard InChI is InChI=1S/C20H20FN5O6/c1-10(28)31-16-13(21)15(29)12(7-27)32-20(16)26-9-24-14-17(22-8-23-18(14)26)25-19(30)11-5-3-2-4-6-11/h2-6,8-9,12-13,15-16,20,27,29H,7H2,1H3,(H,22,23,25,30)/t12-,13+,15-,16-,20-/m1/s1. The van der Waals surface area contributed by atoms with Crippen LogP contribution in [-0.2, 0) is 14.3 Å². The van der Waals surface area contributed by atoms with Crippen molar-refractivity contribution < 1.29 is 33.7 Å². The number of imidazole rings is 1. The molecule has 2 aromatic heterocycles. The molecular formula is C20H20FN5O6. The summed E-state index contributed by atoms with van der Waals surface area (Å²) in [7, 11) is 0. The Morgan fingerprint density at radius 1 is 1.25 bits per heavy atom. The molecular weight excluding hydrogens is 425 g/mol. The number of aliphatic hydroxyl groups is 2. The van der Waals surface area contributed by atoms with E-state index >= 15 is 0 Å². The Kier molecular flexibility index (Phi) is 6.08. The van der Waals surface area contributed by atoms with E-state index < -0.39 is 49.2 Å². The van der Waals surface area contributed by atoms with Crippen LogP contribution in [0.15, 0.2) is 43.0 Å². The Bertz CT molecular complexity index is 1130. The number of nitrogens with zero attached hydrogens (tertiary/aromatic N) is 4. The molecule has 0 bridgehead atoms. The minimum Gasteiger partial charge on any atom is -0.454 e. The second-order valence-corrected chi connectivity index (χ2v) is 7.12. The number of benzene rings is 1. The lowest BCUT2D eigenvalue weighted by molar-refractivity contribution is -0.243. The molecule has 1 aromatic carbocycles. The van der Waals surface area contributed by atoms with Crippen molar-refractivity contribution in [2.75, 3.05) is 11.9 Å². The summed E-state index contributed by atoms with van der Waals surface area (Å²) in [5, 5.41) is 22.2. The van der Waals surface area contributed by atoms with Crippen LogP contribution in [0, 0.1) is 0 Å². The fraction of sp³-hybridized carbons (Fsp3) is 0.350. The number of carbonyl (C=O) groups excluding carboxylic acids is 2. The molecule has 3 N–H and O–H groups in total. The van der Waals surface area contributed by atoms with Crippen LogP contribution in [0.5, 0.6) is 0 Å². The van der Waals surface area contributed by atoms with Crippen LogP contribution >= 0.6 is 0 Å². The van der Waals surface area contributed by atoms with E-state index in [0.717, 1.165) is 6.92 Å².